The van der Waals surface area contributed by atoms with Crippen LogP contribution in [0, 0.1) is 6.92 Å². The molecule has 0 aliphatic heterocycles. The van der Waals surface area contributed by atoms with Gasteiger partial charge in [-0.2, -0.15) is 0 Å². The molecule has 8 nitrogen and oxygen atoms in total. The van der Waals surface area contributed by atoms with Gasteiger partial charge < -0.3 is 15.0 Å². The fraction of sp³-hybridized carbons (Fsp3) is 0.355. The number of nitrogens with zero attached hydrogens (tertiary/aromatic N) is 2. The Kier molecular flexibility index (Phi) is 11.4. The maximum absolute atomic E-state index is 14.0. The molecule has 0 unspecified atom stereocenters. The highest BCUT2D eigenvalue weighted by Gasteiger charge is 2.32. The van der Waals surface area contributed by atoms with Crippen LogP contribution in [0.5, 0.6) is 5.75 Å². The van der Waals surface area contributed by atoms with Crippen molar-refractivity contribution >= 4 is 43.5 Å². The van der Waals surface area contributed by atoms with Crippen LogP contribution in [0.3, 0.4) is 0 Å². The summed E-state index contributed by atoms with van der Waals surface area (Å²) in [6.45, 7) is 9.35. The molecule has 1 N–H and O–H groups in total. The minimum atomic E-state index is -4.15. The van der Waals surface area contributed by atoms with Crippen LogP contribution in [0.1, 0.15) is 45.2 Å². The van der Waals surface area contributed by atoms with E-state index in [4.69, 9.17) is 4.74 Å². The number of halogens is 1. The van der Waals surface area contributed by atoms with E-state index in [0.29, 0.717) is 18.0 Å². The van der Waals surface area contributed by atoms with Crippen LogP contribution in [0.25, 0.3) is 0 Å². The molecule has 3 aromatic rings. The summed E-state index contributed by atoms with van der Waals surface area (Å²) in [7, 11) is -4.15. The topological polar surface area (TPSA) is 96.0 Å². The van der Waals surface area contributed by atoms with Gasteiger partial charge in [-0.3, -0.25) is 13.9 Å². The van der Waals surface area contributed by atoms with Gasteiger partial charge in [0.05, 0.1) is 17.2 Å². The molecule has 0 spiro atoms. The van der Waals surface area contributed by atoms with Crippen molar-refractivity contribution < 1.29 is 22.7 Å². The lowest BCUT2D eigenvalue weighted by molar-refractivity contribution is -0.139. The highest BCUT2D eigenvalue weighted by atomic mass is 79.9. The van der Waals surface area contributed by atoms with Crippen molar-refractivity contribution in [3.05, 3.63) is 88.4 Å². The van der Waals surface area contributed by atoms with Crippen molar-refractivity contribution in [3.63, 3.8) is 0 Å². The van der Waals surface area contributed by atoms with E-state index in [1.54, 1.807) is 43.3 Å². The molecule has 41 heavy (non-hydrogen) atoms. The first-order chi connectivity index (χ1) is 19.5. The molecule has 3 rings (SSSR count). The van der Waals surface area contributed by atoms with Crippen LogP contribution < -0.4 is 14.4 Å². The summed E-state index contributed by atoms with van der Waals surface area (Å²) >= 11 is 3.46. The lowest BCUT2D eigenvalue weighted by Crippen LogP contribution is -2.52. The van der Waals surface area contributed by atoms with Crippen molar-refractivity contribution in [2.75, 3.05) is 17.5 Å². The third kappa shape index (κ3) is 8.56. The van der Waals surface area contributed by atoms with Gasteiger partial charge in [0.1, 0.15) is 18.3 Å². The molecule has 3 aromatic carbocycles. The number of benzene rings is 3. The summed E-state index contributed by atoms with van der Waals surface area (Å²) in [6, 6.07) is 19.6. The van der Waals surface area contributed by atoms with E-state index in [2.05, 4.69) is 21.2 Å². The van der Waals surface area contributed by atoms with E-state index in [1.165, 1.54) is 17.0 Å². The van der Waals surface area contributed by atoms with Gasteiger partial charge in [0.15, 0.2) is 0 Å². The number of carbonyl (C=O) groups excluding carboxylic acids is 2. The first kappa shape index (κ1) is 32.1. The first-order valence-electron chi connectivity index (χ1n) is 13.6. The second-order valence-electron chi connectivity index (χ2n) is 9.90. The van der Waals surface area contributed by atoms with Crippen LogP contribution in [0.2, 0.25) is 0 Å². The van der Waals surface area contributed by atoms with E-state index >= 15 is 0 Å². The maximum atomic E-state index is 14.0. The molecular formula is C31H38BrN3O5S. The summed E-state index contributed by atoms with van der Waals surface area (Å²) in [5.41, 5.74) is 2.09. The Balaban J connectivity index is 2.01. The molecule has 0 saturated heterocycles. The summed E-state index contributed by atoms with van der Waals surface area (Å²) in [4.78, 5) is 28.6. The van der Waals surface area contributed by atoms with E-state index < -0.39 is 28.5 Å². The molecule has 10 heteroatoms. The third-order valence-corrected chi connectivity index (χ3v) is 9.02. The Bertz CT molecular complexity index is 1430. The second kappa shape index (κ2) is 14.5. The largest absolute Gasteiger partial charge is 0.494 e. The number of amides is 2. The minimum Gasteiger partial charge on any atom is -0.494 e. The Hall–Kier alpha value is -3.37. The number of rotatable bonds is 13. The average molecular weight is 645 g/mol. The number of sulfonamides is 1. The highest BCUT2D eigenvalue weighted by Crippen LogP contribution is 2.26. The van der Waals surface area contributed by atoms with Gasteiger partial charge in [0.25, 0.3) is 10.0 Å². The Labute approximate surface area is 251 Å². The summed E-state index contributed by atoms with van der Waals surface area (Å²) < 4.78 is 35.3. The van der Waals surface area contributed by atoms with E-state index in [1.807, 2.05) is 52.0 Å². The molecule has 0 bridgehead atoms. The fourth-order valence-corrected chi connectivity index (χ4v) is 5.98. The molecule has 0 aliphatic carbocycles. The smallest absolute Gasteiger partial charge is 0.264 e. The van der Waals surface area contributed by atoms with Crippen molar-refractivity contribution in [3.8, 4) is 5.75 Å². The van der Waals surface area contributed by atoms with Gasteiger partial charge in [-0.05, 0) is 88.2 Å². The maximum Gasteiger partial charge on any atom is 0.264 e. The van der Waals surface area contributed by atoms with Gasteiger partial charge in [-0.25, -0.2) is 8.42 Å². The van der Waals surface area contributed by atoms with Crippen molar-refractivity contribution in [1.29, 1.82) is 0 Å². The monoisotopic (exact) mass is 643 g/mol. The van der Waals surface area contributed by atoms with Gasteiger partial charge in [0, 0.05) is 17.1 Å². The fourth-order valence-electron chi connectivity index (χ4n) is 4.12. The first-order valence-corrected chi connectivity index (χ1v) is 15.9. The molecule has 0 saturated carbocycles. The van der Waals surface area contributed by atoms with Gasteiger partial charge in [-0.15, -0.1) is 0 Å². The zero-order chi connectivity index (χ0) is 30.2. The van der Waals surface area contributed by atoms with Gasteiger partial charge in [-0.1, -0.05) is 52.7 Å². The van der Waals surface area contributed by atoms with Crippen LogP contribution in [0.4, 0.5) is 5.69 Å². The minimum absolute atomic E-state index is 0.0235. The van der Waals surface area contributed by atoms with Crippen molar-refractivity contribution in [2.45, 2.75) is 64.6 Å². The third-order valence-electron chi connectivity index (χ3n) is 6.73. The molecule has 2 atom stereocenters. The quantitative estimate of drug-likeness (QED) is 0.258. The number of hydrogen-bond donors (Lipinski definition) is 1. The van der Waals surface area contributed by atoms with Crippen LogP contribution in [-0.2, 0) is 26.2 Å². The standard InChI is InChI=1S/C31H38BrN3O5S/c1-6-23(4)33-31(37)24(5)34(20-25-9-8-10-26(32)19-25)30(36)21-35(27-13-11-22(3)12-14-27)41(38,39)29-17-15-28(16-18-29)40-7-2/h8-19,23-24H,6-7,20-21H2,1-5H3,(H,33,37)/t23-,24-/m1/s1. The van der Waals surface area contributed by atoms with Crippen LogP contribution >= 0.6 is 15.9 Å². The Morgan fingerprint density at radius 3 is 2.22 bits per heavy atom. The van der Waals surface area contributed by atoms with Crippen molar-refractivity contribution in [1.82, 2.24) is 10.2 Å². The lowest BCUT2D eigenvalue weighted by Gasteiger charge is -2.32. The summed E-state index contributed by atoms with van der Waals surface area (Å²) in [5, 5.41) is 2.94. The van der Waals surface area contributed by atoms with E-state index in [9.17, 15) is 18.0 Å². The normalized spacial score (nSPS) is 12.7. The predicted octanol–water partition coefficient (Wildman–Crippen LogP) is 5.68. The number of carbonyl (C=O) groups is 2. The predicted molar refractivity (Wildman–Crippen MR) is 165 cm³/mol. The molecule has 0 fully saturated rings. The SMILES string of the molecule is CCOc1ccc(S(=O)(=O)N(CC(=O)N(Cc2cccc(Br)c2)[C@H](C)C(=O)N[C@H](C)CC)c2ccc(C)cc2)cc1. The van der Waals surface area contributed by atoms with Gasteiger partial charge >= 0.3 is 0 Å². The van der Waals surface area contributed by atoms with Crippen LogP contribution in [0.15, 0.2) is 82.2 Å². The number of hydrogen-bond acceptors (Lipinski definition) is 5. The molecule has 0 radical (unpaired) electrons. The molecule has 0 aromatic heterocycles. The number of nitrogens with one attached hydrogen (secondary N) is 1. The zero-order valence-corrected chi connectivity index (χ0v) is 26.5. The Morgan fingerprint density at radius 2 is 1.63 bits per heavy atom. The summed E-state index contributed by atoms with van der Waals surface area (Å²) in [5.74, 6) is -0.267. The number of aryl methyl sites for hydroxylation is 1. The lowest BCUT2D eigenvalue weighted by atomic mass is 10.1. The second-order valence-corrected chi connectivity index (χ2v) is 12.7. The zero-order valence-electron chi connectivity index (χ0n) is 24.1. The number of anilines is 1. The molecule has 0 heterocycles. The summed E-state index contributed by atoms with van der Waals surface area (Å²) in [6.07, 6.45) is 0.736. The van der Waals surface area contributed by atoms with E-state index in [-0.39, 0.29) is 23.4 Å². The molecule has 0 aliphatic rings. The highest BCUT2D eigenvalue weighted by molar-refractivity contribution is 9.10. The average Bonchev–Trinajstić information content (AvgIpc) is 2.95. The molecule has 2 amide bonds. The van der Waals surface area contributed by atoms with Crippen molar-refractivity contribution in [2.24, 2.45) is 0 Å². The molecular weight excluding hydrogens is 606 g/mol. The molecule has 220 valence electrons. The number of ether oxygens (including phenoxy) is 1. The van der Waals surface area contributed by atoms with Gasteiger partial charge in [0.2, 0.25) is 11.8 Å². The van der Waals surface area contributed by atoms with E-state index in [0.717, 1.165) is 26.3 Å². The van der Waals surface area contributed by atoms with Crippen LogP contribution in [-0.4, -0.2) is 50.4 Å². The Morgan fingerprint density at radius 1 is 0.976 bits per heavy atom.